The van der Waals surface area contributed by atoms with Crippen LogP contribution < -0.4 is 10.2 Å². The Balaban J connectivity index is 1.84. The van der Waals surface area contributed by atoms with E-state index in [1.807, 2.05) is 30.0 Å². The van der Waals surface area contributed by atoms with Crippen molar-refractivity contribution in [3.8, 4) is 0 Å². The average Bonchev–Trinajstić information content (AvgIpc) is 2.81. The normalized spacial score (nSPS) is 18.4. The summed E-state index contributed by atoms with van der Waals surface area (Å²) in [6.07, 6.45) is 0.409. The fourth-order valence-corrected chi connectivity index (χ4v) is 2.91. The van der Waals surface area contributed by atoms with Gasteiger partial charge in [0.05, 0.1) is 6.42 Å². The lowest BCUT2D eigenvalue weighted by atomic mass is 10.1. The molecule has 0 bridgehead atoms. The van der Waals surface area contributed by atoms with Gasteiger partial charge in [0.15, 0.2) is 0 Å². The smallest absolute Gasteiger partial charge is 0.253 e. The summed E-state index contributed by atoms with van der Waals surface area (Å²) in [5, 5.41) is 3.24. The first-order valence-corrected chi connectivity index (χ1v) is 7.14. The third-order valence-electron chi connectivity index (χ3n) is 3.98. The predicted octanol–water partition coefficient (Wildman–Crippen LogP) is 0.641. The van der Waals surface area contributed by atoms with Gasteiger partial charge < -0.3 is 15.1 Å². The van der Waals surface area contributed by atoms with E-state index >= 15 is 0 Å². The third kappa shape index (κ3) is 2.18. The van der Waals surface area contributed by atoms with Gasteiger partial charge >= 0.3 is 0 Å². The number of anilines is 1. The van der Waals surface area contributed by atoms with Crippen LogP contribution in [-0.4, -0.2) is 49.4 Å². The molecule has 5 heteroatoms. The Morgan fingerprint density at radius 2 is 2.05 bits per heavy atom. The van der Waals surface area contributed by atoms with E-state index in [1.165, 1.54) is 0 Å². The van der Waals surface area contributed by atoms with E-state index in [9.17, 15) is 9.59 Å². The lowest BCUT2D eigenvalue weighted by Gasteiger charge is -2.27. The van der Waals surface area contributed by atoms with Crippen LogP contribution in [0.5, 0.6) is 0 Å². The van der Waals surface area contributed by atoms with E-state index in [0.29, 0.717) is 18.5 Å². The maximum Gasteiger partial charge on any atom is 0.253 e. The van der Waals surface area contributed by atoms with Gasteiger partial charge in [-0.15, -0.1) is 0 Å². The second kappa shape index (κ2) is 5.25. The van der Waals surface area contributed by atoms with Gasteiger partial charge in [0, 0.05) is 44.0 Å². The Hall–Kier alpha value is -1.88. The van der Waals surface area contributed by atoms with E-state index in [-0.39, 0.29) is 11.8 Å². The number of benzene rings is 1. The molecule has 2 aliphatic rings. The predicted molar refractivity (Wildman–Crippen MR) is 76.9 cm³/mol. The van der Waals surface area contributed by atoms with Crippen molar-refractivity contribution >= 4 is 17.5 Å². The van der Waals surface area contributed by atoms with Crippen molar-refractivity contribution in [2.75, 3.05) is 37.6 Å². The molecule has 0 unspecified atom stereocenters. The van der Waals surface area contributed by atoms with E-state index < -0.39 is 0 Å². The zero-order valence-corrected chi connectivity index (χ0v) is 11.7. The van der Waals surface area contributed by atoms with Crippen LogP contribution in [0.1, 0.15) is 22.8 Å². The van der Waals surface area contributed by atoms with Crippen LogP contribution in [0.25, 0.3) is 0 Å². The summed E-state index contributed by atoms with van der Waals surface area (Å²) in [6.45, 7) is 5.83. The van der Waals surface area contributed by atoms with Gasteiger partial charge in [-0.25, -0.2) is 0 Å². The number of nitrogens with zero attached hydrogens (tertiary/aromatic N) is 2. The standard InChI is InChI=1S/C15H19N3O2/c1-2-18-13-4-3-11(9-12(13)10-14(18)19)15(20)17-7-5-16-6-8-17/h3-4,9,16H,2,5-8,10H2,1H3. The zero-order chi connectivity index (χ0) is 14.1. The number of carbonyl (C=O) groups is 2. The molecule has 1 aromatic rings. The van der Waals surface area contributed by atoms with Crippen LogP contribution in [0.2, 0.25) is 0 Å². The summed E-state index contributed by atoms with van der Waals surface area (Å²) in [6, 6.07) is 5.62. The molecule has 5 nitrogen and oxygen atoms in total. The average molecular weight is 273 g/mol. The first kappa shape index (κ1) is 13.1. The molecule has 0 saturated carbocycles. The van der Waals surface area contributed by atoms with Crippen LogP contribution in [0.15, 0.2) is 18.2 Å². The molecule has 1 fully saturated rings. The minimum atomic E-state index is 0.0664. The Kier molecular flexibility index (Phi) is 3.44. The Labute approximate surface area is 118 Å². The summed E-state index contributed by atoms with van der Waals surface area (Å²) in [5.41, 5.74) is 2.61. The minimum absolute atomic E-state index is 0.0664. The topological polar surface area (TPSA) is 52.7 Å². The van der Waals surface area contributed by atoms with Crippen molar-refractivity contribution in [2.24, 2.45) is 0 Å². The second-order valence-electron chi connectivity index (χ2n) is 5.20. The van der Waals surface area contributed by atoms with Crippen LogP contribution in [-0.2, 0) is 11.2 Å². The Morgan fingerprint density at radius 3 is 2.75 bits per heavy atom. The highest BCUT2D eigenvalue weighted by Gasteiger charge is 2.27. The monoisotopic (exact) mass is 273 g/mol. The highest BCUT2D eigenvalue weighted by Crippen LogP contribution is 2.29. The molecule has 2 heterocycles. The van der Waals surface area contributed by atoms with Gasteiger partial charge in [-0.3, -0.25) is 9.59 Å². The Morgan fingerprint density at radius 1 is 1.30 bits per heavy atom. The molecule has 0 aromatic heterocycles. The van der Waals surface area contributed by atoms with E-state index in [2.05, 4.69) is 5.32 Å². The van der Waals surface area contributed by atoms with Crippen LogP contribution in [0, 0.1) is 0 Å². The number of likely N-dealkylation sites (N-methyl/N-ethyl adjacent to an activating group) is 1. The van der Waals surface area contributed by atoms with Gasteiger partial charge in [0.1, 0.15) is 0 Å². The van der Waals surface area contributed by atoms with Crippen LogP contribution >= 0.6 is 0 Å². The molecule has 1 aromatic carbocycles. The summed E-state index contributed by atoms with van der Waals surface area (Å²) >= 11 is 0. The number of hydrogen-bond acceptors (Lipinski definition) is 3. The third-order valence-corrected chi connectivity index (χ3v) is 3.98. The van der Waals surface area contributed by atoms with Crippen molar-refractivity contribution in [1.82, 2.24) is 10.2 Å². The van der Waals surface area contributed by atoms with E-state index in [4.69, 9.17) is 0 Å². The van der Waals surface area contributed by atoms with Gasteiger partial charge in [-0.1, -0.05) is 0 Å². The molecule has 0 radical (unpaired) electrons. The molecule has 1 N–H and O–H groups in total. The van der Waals surface area contributed by atoms with Gasteiger partial charge in [0.2, 0.25) is 5.91 Å². The highest BCUT2D eigenvalue weighted by molar-refractivity contribution is 6.03. The molecule has 0 aliphatic carbocycles. The first-order chi connectivity index (χ1) is 9.70. The number of piperazine rings is 1. The SMILES string of the molecule is CCN1C(=O)Cc2cc(C(=O)N3CCNCC3)ccc21. The van der Waals surface area contributed by atoms with Crippen molar-refractivity contribution in [1.29, 1.82) is 0 Å². The zero-order valence-electron chi connectivity index (χ0n) is 11.7. The number of hydrogen-bond donors (Lipinski definition) is 1. The van der Waals surface area contributed by atoms with Gasteiger partial charge in [-0.05, 0) is 30.7 Å². The number of fused-ring (bicyclic) bond motifs is 1. The van der Waals surface area contributed by atoms with Crippen LogP contribution in [0.4, 0.5) is 5.69 Å². The number of rotatable bonds is 2. The number of carbonyl (C=O) groups excluding carboxylic acids is 2. The lowest BCUT2D eigenvalue weighted by Crippen LogP contribution is -2.46. The quantitative estimate of drug-likeness (QED) is 0.860. The fraction of sp³-hybridized carbons (Fsp3) is 0.467. The van der Waals surface area contributed by atoms with Gasteiger partial charge in [-0.2, -0.15) is 0 Å². The lowest BCUT2D eigenvalue weighted by molar-refractivity contribution is -0.117. The number of amides is 2. The van der Waals surface area contributed by atoms with Crippen LogP contribution in [0.3, 0.4) is 0 Å². The molecule has 1 saturated heterocycles. The molecule has 0 atom stereocenters. The van der Waals surface area contributed by atoms with Crippen molar-refractivity contribution in [2.45, 2.75) is 13.3 Å². The fourth-order valence-electron chi connectivity index (χ4n) is 2.91. The van der Waals surface area contributed by atoms with E-state index in [0.717, 1.165) is 37.4 Å². The van der Waals surface area contributed by atoms with Crippen molar-refractivity contribution in [3.63, 3.8) is 0 Å². The highest BCUT2D eigenvalue weighted by atomic mass is 16.2. The minimum Gasteiger partial charge on any atom is -0.336 e. The summed E-state index contributed by atoms with van der Waals surface area (Å²) in [5.74, 6) is 0.186. The molecule has 106 valence electrons. The molecule has 3 rings (SSSR count). The molecule has 2 aliphatic heterocycles. The largest absolute Gasteiger partial charge is 0.336 e. The summed E-state index contributed by atoms with van der Waals surface area (Å²) in [7, 11) is 0. The second-order valence-corrected chi connectivity index (χ2v) is 5.20. The van der Waals surface area contributed by atoms with Gasteiger partial charge in [0.25, 0.3) is 5.91 Å². The molecule has 2 amide bonds. The molecular formula is C15H19N3O2. The molecule has 20 heavy (non-hydrogen) atoms. The number of nitrogens with one attached hydrogen (secondary N) is 1. The summed E-state index contributed by atoms with van der Waals surface area (Å²) in [4.78, 5) is 27.9. The first-order valence-electron chi connectivity index (χ1n) is 7.14. The Bertz CT molecular complexity index is 550. The maximum atomic E-state index is 12.4. The molecule has 0 spiro atoms. The van der Waals surface area contributed by atoms with E-state index in [1.54, 1.807) is 4.90 Å². The molecular weight excluding hydrogens is 254 g/mol. The van der Waals surface area contributed by atoms with Crippen molar-refractivity contribution in [3.05, 3.63) is 29.3 Å². The summed E-state index contributed by atoms with van der Waals surface area (Å²) < 4.78 is 0. The maximum absolute atomic E-state index is 12.4. The van der Waals surface area contributed by atoms with Crippen molar-refractivity contribution < 1.29 is 9.59 Å².